The van der Waals surface area contributed by atoms with E-state index in [1.54, 1.807) is 0 Å². The van der Waals surface area contributed by atoms with Gasteiger partial charge in [-0.05, 0) is 18.4 Å². The normalized spacial score (nSPS) is 21.7. The van der Waals surface area contributed by atoms with Crippen LogP contribution in [-0.2, 0) is 0 Å². The monoisotopic (exact) mass is 184 g/mol. The first-order valence-corrected chi connectivity index (χ1v) is 5.79. The summed E-state index contributed by atoms with van der Waals surface area (Å²) in [6.07, 6.45) is 8.55. The van der Waals surface area contributed by atoms with Crippen LogP contribution in [0.1, 0.15) is 45.4 Å². The molecule has 13 heavy (non-hydrogen) atoms. The molecule has 0 heterocycles. The van der Waals surface area contributed by atoms with Gasteiger partial charge in [-0.1, -0.05) is 45.4 Å². The highest BCUT2D eigenvalue weighted by atomic mass is 15.0. The van der Waals surface area contributed by atoms with Crippen LogP contribution in [0.3, 0.4) is 0 Å². The first-order valence-electron chi connectivity index (χ1n) is 5.79. The van der Waals surface area contributed by atoms with Crippen molar-refractivity contribution in [1.82, 2.24) is 5.32 Å². The van der Waals surface area contributed by atoms with E-state index in [1.165, 1.54) is 38.5 Å². The third-order valence-corrected chi connectivity index (χ3v) is 3.39. The fourth-order valence-corrected chi connectivity index (χ4v) is 2.52. The van der Waals surface area contributed by atoms with Gasteiger partial charge in [0.15, 0.2) is 0 Å². The minimum atomic E-state index is 0.628. The topological polar surface area (TPSA) is 38.0 Å². The molecule has 3 N–H and O–H groups in total. The van der Waals surface area contributed by atoms with Crippen LogP contribution in [0.4, 0.5) is 0 Å². The molecule has 2 nitrogen and oxygen atoms in total. The molecule has 1 unspecified atom stereocenters. The lowest BCUT2D eigenvalue weighted by Gasteiger charge is -2.29. The van der Waals surface area contributed by atoms with Crippen molar-refractivity contribution in [2.24, 2.45) is 17.6 Å². The van der Waals surface area contributed by atoms with Crippen molar-refractivity contribution in [2.45, 2.75) is 45.4 Å². The summed E-state index contributed by atoms with van der Waals surface area (Å²) in [4.78, 5) is 0. The second-order valence-electron chi connectivity index (χ2n) is 4.22. The molecule has 0 bridgehead atoms. The van der Waals surface area contributed by atoms with Gasteiger partial charge in [0.1, 0.15) is 0 Å². The van der Waals surface area contributed by atoms with Gasteiger partial charge in [-0.2, -0.15) is 0 Å². The summed E-state index contributed by atoms with van der Waals surface area (Å²) >= 11 is 0. The fraction of sp³-hybridized carbons (Fsp3) is 1.00. The van der Waals surface area contributed by atoms with Crippen molar-refractivity contribution in [1.29, 1.82) is 0 Å². The average molecular weight is 184 g/mol. The lowest BCUT2D eigenvalue weighted by atomic mass is 9.79. The quantitative estimate of drug-likeness (QED) is 0.642. The maximum atomic E-state index is 5.45. The molecule has 0 aromatic rings. The van der Waals surface area contributed by atoms with Gasteiger partial charge in [0.2, 0.25) is 0 Å². The highest BCUT2D eigenvalue weighted by Crippen LogP contribution is 2.31. The molecule has 0 aromatic carbocycles. The molecule has 0 aliphatic heterocycles. The van der Waals surface area contributed by atoms with E-state index in [-0.39, 0.29) is 0 Å². The molecule has 0 spiro atoms. The first kappa shape index (κ1) is 11.0. The summed E-state index contributed by atoms with van der Waals surface area (Å²) < 4.78 is 0. The molecule has 1 atom stereocenters. The maximum Gasteiger partial charge on any atom is 0.0428 e. The Labute approximate surface area is 82.3 Å². The molecule has 2 heteroatoms. The smallest absolute Gasteiger partial charge is 0.0428 e. The van der Waals surface area contributed by atoms with Gasteiger partial charge in [0.05, 0.1) is 0 Å². The predicted octanol–water partition coefficient (Wildman–Crippen LogP) is 2.10. The lowest BCUT2D eigenvalue weighted by molar-refractivity contribution is 0.236. The second-order valence-corrected chi connectivity index (χ2v) is 4.22. The zero-order chi connectivity index (χ0) is 9.52. The van der Waals surface area contributed by atoms with Crippen molar-refractivity contribution in [3.63, 3.8) is 0 Å². The Morgan fingerprint density at radius 3 is 2.54 bits per heavy atom. The number of rotatable bonds is 5. The molecule has 1 rings (SSSR count). The van der Waals surface area contributed by atoms with Gasteiger partial charge in [-0.3, -0.25) is 0 Å². The van der Waals surface area contributed by atoms with E-state index in [0.717, 1.165) is 18.4 Å². The fourth-order valence-electron chi connectivity index (χ4n) is 2.52. The first-order chi connectivity index (χ1) is 6.38. The second kappa shape index (κ2) is 6.39. The molecule has 78 valence electrons. The van der Waals surface area contributed by atoms with Gasteiger partial charge in [0, 0.05) is 6.67 Å². The zero-order valence-electron chi connectivity index (χ0n) is 8.89. The highest BCUT2D eigenvalue weighted by molar-refractivity contribution is 4.74. The molecular formula is C11H24N2. The predicted molar refractivity (Wildman–Crippen MR) is 57.4 cm³/mol. The van der Waals surface area contributed by atoms with E-state index in [2.05, 4.69) is 12.2 Å². The minimum Gasteiger partial charge on any atom is -0.318 e. The van der Waals surface area contributed by atoms with Gasteiger partial charge >= 0.3 is 0 Å². The van der Waals surface area contributed by atoms with Gasteiger partial charge in [0.25, 0.3) is 0 Å². The Morgan fingerprint density at radius 2 is 2.00 bits per heavy atom. The Bertz CT molecular complexity index is 119. The summed E-state index contributed by atoms with van der Waals surface area (Å²) in [5.74, 6) is 1.83. The standard InChI is InChI=1S/C11H24N2/c1-2-10(8-13-9-12)11-6-4-3-5-7-11/h10-11,13H,2-9,12H2,1H3. The third kappa shape index (κ3) is 3.65. The SMILES string of the molecule is CCC(CNCN)C1CCCCC1. The summed E-state index contributed by atoms with van der Waals surface area (Å²) in [5.41, 5.74) is 5.45. The number of hydrogen-bond donors (Lipinski definition) is 2. The van der Waals surface area contributed by atoms with Crippen molar-refractivity contribution in [3.8, 4) is 0 Å². The summed E-state index contributed by atoms with van der Waals surface area (Å²) in [7, 11) is 0. The number of hydrogen-bond acceptors (Lipinski definition) is 2. The van der Waals surface area contributed by atoms with Crippen molar-refractivity contribution >= 4 is 0 Å². The van der Waals surface area contributed by atoms with E-state index in [4.69, 9.17) is 5.73 Å². The van der Waals surface area contributed by atoms with Crippen LogP contribution in [0.25, 0.3) is 0 Å². The van der Waals surface area contributed by atoms with Crippen molar-refractivity contribution < 1.29 is 0 Å². The van der Waals surface area contributed by atoms with Crippen LogP contribution >= 0.6 is 0 Å². The zero-order valence-corrected chi connectivity index (χ0v) is 8.89. The van der Waals surface area contributed by atoms with Crippen LogP contribution in [0.15, 0.2) is 0 Å². The third-order valence-electron chi connectivity index (χ3n) is 3.39. The number of nitrogens with two attached hydrogens (primary N) is 1. The average Bonchev–Trinajstić information content (AvgIpc) is 2.21. The Morgan fingerprint density at radius 1 is 1.31 bits per heavy atom. The van der Waals surface area contributed by atoms with E-state index in [1.807, 2.05) is 0 Å². The maximum absolute atomic E-state index is 5.45. The Balaban J connectivity index is 2.26. The summed E-state index contributed by atoms with van der Waals surface area (Å²) in [6.45, 7) is 4.05. The van der Waals surface area contributed by atoms with Crippen molar-refractivity contribution in [2.75, 3.05) is 13.2 Å². The van der Waals surface area contributed by atoms with Gasteiger partial charge in [-0.25, -0.2) is 0 Å². The van der Waals surface area contributed by atoms with Gasteiger partial charge in [-0.15, -0.1) is 0 Å². The summed E-state index contributed by atoms with van der Waals surface area (Å²) in [6, 6.07) is 0. The Hall–Kier alpha value is -0.0800. The molecule has 1 aliphatic rings. The van der Waals surface area contributed by atoms with Crippen LogP contribution in [0.5, 0.6) is 0 Å². The number of nitrogens with one attached hydrogen (secondary N) is 1. The molecule has 1 fully saturated rings. The van der Waals surface area contributed by atoms with Crippen LogP contribution in [-0.4, -0.2) is 13.2 Å². The summed E-state index contributed by atoms with van der Waals surface area (Å²) in [5, 5.41) is 3.27. The van der Waals surface area contributed by atoms with Crippen molar-refractivity contribution in [3.05, 3.63) is 0 Å². The lowest BCUT2D eigenvalue weighted by Crippen LogP contribution is -2.32. The molecule has 0 saturated heterocycles. The molecule has 0 amide bonds. The van der Waals surface area contributed by atoms with E-state index in [9.17, 15) is 0 Å². The van der Waals surface area contributed by atoms with E-state index in [0.29, 0.717) is 6.67 Å². The van der Waals surface area contributed by atoms with E-state index < -0.39 is 0 Å². The van der Waals surface area contributed by atoms with Crippen LogP contribution < -0.4 is 11.1 Å². The Kier molecular flexibility index (Phi) is 5.40. The molecule has 1 aliphatic carbocycles. The van der Waals surface area contributed by atoms with Crippen LogP contribution in [0.2, 0.25) is 0 Å². The molecule has 0 aromatic heterocycles. The molecule has 0 radical (unpaired) electrons. The largest absolute Gasteiger partial charge is 0.318 e. The van der Waals surface area contributed by atoms with Gasteiger partial charge < -0.3 is 11.1 Å². The van der Waals surface area contributed by atoms with Crippen LogP contribution in [0, 0.1) is 11.8 Å². The minimum absolute atomic E-state index is 0.628. The molecular weight excluding hydrogens is 160 g/mol. The van der Waals surface area contributed by atoms with E-state index >= 15 is 0 Å². The highest BCUT2D eigenvalue weighted by Gasteiger charge is 2.21. The molecule has 1 saturated carbocycles.